The summed E-state index contributed by atoms with van der Waals surface area (Å²) in [5, 5.41) is 5.24. The Bertz CT molecular complexity index is 1100. The number of hydrogen-bond donors (Lipinski definition) is 2. The molecule has 29 heavy (non-hydrogen) atoms. The highest BCUT2D eigenvalue weighted by Gasteiger charge is 2.26. The predicted octanol–water partition coefficient (Wildman–Crippen LogP) is 3.18. The Morgan fingerprint density at radius 3 is 2.52 bits per heavy atom. The van der Waals surface area contributed by atoms with Crippen LogP contribution in [-0.2, 0) is 6.54 Å². The van der Waals surface area contributed by atoms with E-state index in [-0.39, 0.29) is 11.3 Å². The van der Waals surface area contributed by atoms with Gasteiger partial charge in [-0.3, -0.25) is 14.3 Å². The van der Waals surface area contributed by atoms with Crippen molar-refractivity contribution in [2.45, 2.75) is 45.6 Å². The zero-order valence-electron chi connectivity index (χ0n) is 16.5. The molecule has 1 aliphatic rings. The van der Waals surface area contributed by atoms with Gasteiger partial charge in [0.25, 0.3) is 5.91 Å². The molecular formula is C22H25N5O2. The van der Waals surface area contributed by atoms with Crippen molar-refractivity contribution in [1.29, 1.82) is 0 Å². The van der Waals surface area contributed by atoms with Crippen molar-refractivity contribution in [1.82, 2.24) is 14.8 Å². The zero-order valence-corrected chi connectivity index (χ0v) is 16.5. The summed E-state index contributed by atoms with van der Waals surface area (Å²) in [5.74, 6) is -0.731. The minimum Gasteiger partial charge on any atom is -0.366 e. The Hall–Kier alpha value is -3.22. The van der Waals surface area contributed by atoms with E-state index in [4.69, 9.17) is 11.5 Å². The van der Waals surface area contributed by atoms with Gasteiger partial charge in [-0.1, -0.05) is 37.5 Å². The molecule has 0 aliphatic heterocycles. The maximum Gasteiger partial charge on any atom is 0.267 e. The van der Waals surface area contributed by atoms with Crippen LogP contribution in [0.3, 0.4) is 0 Å². The van der Waals surface area contributed by atoms with Gasteiger partial charge < -0.3 is 11.5 Å². The Morgan fingerprint density at radius 1 is 1.10 bits per heavy atom. The minimum atomic E-state index is -0.701. The van der Waals surface area contributed by atoms with Gasteiger partial charge in [0.15, 0.2) is 0 Å². The van der Waals surface area contributed by atoms with E-state index in [9.17, 15) is 9.59 Å². The van der Waals surface area contributed by atoms with E-state index in [1.807, 2.05) is 23.9 Å². The van der Waals surface area contributed by atoms with Crippen molar-refractivity contribution in [3.8, 4) is 11.1 Å². The van der Waals surface area contributed by atoms with Crippen LogP contribution < -0.4 is 11.5 Å². The Morgan fingerprint density at radius 2 is 1.83 bits per heavy atom. The van der Waals surface area contributed by atoms with Gasteiger partial charge in [-0.2, -0.15) is 5.10 Å². The third kappa shape index (κ3) is 3.60. The van der Waals surface area contributed by atoms with Crippen LogP contribution in [0.25, 0.3) is 22.0 Å². The number of carbonyl (C=O) groups is 2. The summed E-state index contributed by atoms with van der Waals surface area (Å²) >= 11 is 0. The van der Waals surface area contributed by atoms with Crippen molar-refractivity contribution in [3.05, 3.63) is 47.4 Å². The maximum atomic E-state index is 12.4. The summed E-state index contributed by atoms with van der Waals surface area (Å²) in [7, 11) is 0. The van der Waals surface area contributed by atoms with Crippen LogP contribution in [0, 0.1) is 12.8 Å². The van der Waals surface area contributed by atoms with Gasteiger partial charge in [-0.05, 0) is 31.7 Å². The fourth-order valence-electron chi connectivity index (χ4n) is 4.40. The second kappa shape index (κ2) is 7.66. The highest BCUT2D eigenvalue weighted by Crippen LogP contribution is 2.34. The Kier molecular flexibility index (Phi) is 5.05. The number of rotatable bonds is 5. The number of pyridine rings is 1. The average Bonchev–Trinajstić information content (AvgIpc) is 3.06. The minimum absolute atomic E-state index is 0.0396. The van der Waals surface area contributed by atoms with Crippen molar-refractivity contribution >= 4 is 22.7 Å². The van der Waals surface area contributed by atoms with Crippen LogP contribution in [0.5, 0.6) is 0 Å². The van der Waals surface area contributed by atoms with E-state index in [0.717, 1.165) is 6.54 Å². The number of benzene rings is 1. The topological polar surface area (TPSA) is 117 Å². The molecule has 0 atom stereocenters. The lowest BCUT2D eigenvalue weighted by Gasteiger charge is -2.21. The van der Waals surface area contributed by atoms with E-state index in [2.05, 4.69) is 10.1 Å². The lowest BCUT2D eigenvalue weighted by Crippen LogP contribution is -2.20. The molecule has 1 aromatic carbocycles. The zero-order chi connectivity index (χ0) is 20.5. The number of amides is 2. The van der Waals surface area contributed by atoms with E-state index < -0.39 is 11.8 Å². The first kappa shape index (κ1) is 19.1. The quantitative estimate of drug-likeness (QED) is 0.694. The molecule has 1 aliphatic carbocycles. The van der Waals surface area contributed by atoms with Gasteiger partial charge >= 0.3 is 0 Å². The smallest absolute Gasteiger partial charge is 0.267 e. The summed E-state index contributed by atoms with van der Waals surface area (Å²) in [4.78, 5) is 29.1. The lowest BCUT2D eigenvalue weighted by molar-refractivity contribution is 0.0996. The first-order valence-electron chi connectivity index (χ1n) is 10.0. The second-order valence-electron chi connectivity index (χ2n) is 7.81. The van der Waals surface area contributed by atoms with Gasteiger partial charge in [-0.15, -0.1) is 0 Å². The Balaban J connectivity index is 1.88. The molecule has 0 saturated heterocycles. The van der Waals surface area contributed by atoms with Gasteiger partial charge in [-0.25, -0.2) is 4.98 Å². The number of nitrogens with zero attached hydrogens (tertiary/aromatic N) is 3. The highest BCUT2D eigenvalue weighted by atomic mass is 16.1. The number of hydrogen-bond acceptors (Lipinski definition) is 4. The molecular weight excluding hydrogens is 366 g/mol. The van der Waals surface area contributed by atoms with E-state index in [1.54, 1.807) is 18.2 Å². The van der Waals surface area contributed by atoms with Gasteiger partial charge in [0.05, 0.1) is 16.8 Å². The molecule has 4 N–H and O–H groups in total. The molecule has 0 bridgehead atoms. The number of fused-ring (bicyclic) bond motifs is 1. The number of carbonyl (C=O) groups excluding carboxylic acids is 2. The summed E-state index contributed by atoms with van der Waals surface area (Å²) in [6, 6.07) is 7.11. The normalized spacial score (nSPS) is 14.9. The van der Waals surface area contributed by atoms with Crippen molar-refractivity contribution in [2.75, 3.05) is 0 Å². The molecule has 7 nitrogen and oxygen atoms in total. The van der Waals surface area contributed by atoms with Crippen LogP contribution in [0.15, 0.2) is 30.5 Å². The largest absolute Gasteiger partial charge is 0.366 e. The molecule has 1 fully saturated rings. The lowest BCUT2D eigenvalue weighted by atomic mass is 9.89. The van der Waals surface area contributed by atoms with E-state index in [1.165, 1.54) is 32.1 Å². The van der Waals surface area contributed by atoms with Gasteiger partial charge in [0, 0.05) is 29.3 Å². The van der Waals surface area contributed by atoms with Gasteiger partial charge in [0.1, 0.15) is 5.69 Å². The third-order valence-electron chi connectivity index (χ3n) is 5.76. The average molecular weight is 391 g/mol. The fraction of sp³-hybridized carbons (Fsp3) is 0.364. The predicted molar refractivity (Wildman–Crippen MR) is 111 cm³/mol. The fourth-order valence-corrected chi connectivity index (χ4v) is 4.40. The SMILES string of the molecule is Cc1nn(CC2CCCCC2)cc1-c1c(C(N)=O)nc2ccccc2c1C(N)=O. The van der Waals surface area contributed by atoms with Crippen LogP contribution in [0.1, 0.15) is 58.6 Å². The second-order valence-corrected chi connectivity index (χ2v) is 7.81. The van der Waals surface area contributed by atoms with E-state index in [0.29, 0.717) is 33.6 Å². The number of aryl methyl sites for hydroxylation is 1. The molecule has 4 rings (SSSR count). The first-order chi connectivity index (χ1) is 14.0. The number of para-hydroxylation sites is 1. The Labute approximate surface area is 169 Å². The van der Waals surface area contributed by atoms with Crippen LogP contribution in [-0.4, -0.2) is 26.6 Å². The van der Waals surface area contributed by atoms with Crippen molar-refractivity contribution in [2.24, 2.45) is 17.4 Å². The molecule has 2 aromatic heterocycles. The van der Waals surface area contributed by atoms with Crippen molar-refractivity contribution in [3.63, 3.8) is 0 Å². The van der Waals surface area contributed by atoms with Crippen LogP contribution in [0.4, 0.5) is 0 Å². The number of primary amides is 2. The summed E-state index contributed by atoms with van der Waals surface area (Å²) in [5.41, 5.74) is 13.9. The molecule has 0 unspecified atom stereocenters. The molecule has 3 aromatic rings. The van der Waals surface area contributed by atoms with Crippen LogP contribution in [0.2, 0.25) is 0 Å². The van der Waals surface area contributed by atoms with E-state index >= 15 is 0 Å². The summed E-state index contributed by atoms with van der Waals surface area (Å²) in [6.45, 7) is 2.68. The van der Waals surface area contributed by atoms with Crippen molar-refractivity contribution < 1.29 is 9.59 Å². The molecule has 1 saturated carbocycles. The molecule has 7 heteroatoms. The molecule has 0 spiro atoms. The number of aromatic nitrogens is 3. The molecule has 150 valence electrons. The third-order valence-corrected chi connectivity index (χ3v) is 5.76. The summed E-state index contributed by atoms with van der Waals surface area (Å²) in [6.07, 6.45) is 8.09. The summed E-state index contributed by atoms with van der Waals surface area (Å²) < 4.78 is 1.91. The first-order valence-corrected chi connectivity index (χ1v) is 10.0. The monoisotopic (exact) mass is 391 g/mol. The maximum absolute atomic E-state index is 12.4. The van der Waals surface area contributed by atoms with Gasteiger partial charge in [0.2, 0.25) is 5.91 Å². The molecule has 2 amide bonds. The van der Waals surface area contributed by atoms with Crippen LogP contribution >= 0.6 is 0 Å². The number of nitrogens with two attached hydrogens (primary N) is 2. The molecule has 0 radical (unpaired) electrons. The molecule has 2 heterocycles. The standard InChI is InChI=1S/C22H25N5O2/c1-13-16(12-27(26-13)11-14-7-3-2-4-8-14)18-19(21(23)28)15-9-5-6-10-17(15)25-20(18)22(24)29/h5-6,9-10,12,14H,2-4,7-8,11H2,1H3,(H2,23,28)(H2,24,29). The highest BCUT2D eigenvalue weighted by molar-refractivity contribution is 6.15.